The van der Waals surface area contributed by atoms with Crippen molar-refractivity contribution in [2.75, 3.05) is 7.11 Å². The Hall–Kier alpha value is -3.21. The van der Waals surface area contributed by atoms with Crippen LogP contribution in [0, 0.1) is 6.92 Å². The first-order valence-corrected chi connectivity index (χ1v) is 7.96. The molecule has 5 nitrogen and oxygen atoms in total. The number of nitrogens with zero attached hydrogens (tertiary/aromatic N) is 1. The van der Waals surface area contributed by atoms with Crippen LogP contribution in [0.3, 0.4) is 0 Å². The predicted molar refractivity (Wildman–Crippen MR) is 95.0 cm³/mol. The normalized spacial score (nSPS) is 11.3. The van der Waals surface area contributed by atoms with E-state index in [1.807, 2.05) is 47.9 Å². The molecule has 4 aromatic rings. The number of ether oxygens (including phenoxy) is 1. The number of carbonyl (C=O) groups excluding carboxylic acids is 1. The average Bonchev–Trinajstić information content (AvgIpc) is 3.22. The lowest BCUT2D eigenvalue weighted by molar-refractivity contribution is 0.0602. The van der Waals surface area contributed by atoms with Gasteiger partial charge in [-0.05, 0) is 25.1 Å². The van der Waals surface area contributed by atoms with E-state index in [1.54, 1.807) is 12.3 Å². The number of aromatic nitrogens is 1. The molecule has 0 spiro atoms. The minimum atomic E-state index is -0.421. The average molecular weight is 335 g/mol. The molecule has 2 aromatic carbocycles. The fraction of sp³-hybridized carbons (Fsp3) is 0.150. The molecule has 0 aliphatic rings. The number of methoxy groups -OCH3 is 1. The Kier molecular flexibility index (Phi) is 3.50. The SMILES string of the molecule is COC(=O)c1c(C)n(Cc2ccco2)c2c1cc(O)c1ccccc12. The number of aromatic hydroxyl groups is 1. The minimum absolute atomic E-state index is 0.142. The fourth-order valence-corrected chi connectivity index (χ4v) is 3.44. The Bertz CT molecular complexity index is 1090. The number of phenols is 1. The van der Waals surface area contributed by atoms with Crippen molar-refractivity contribution < 1.29 is 19.1 Å². The minimum Gasteiger partial charge on any atom is -0.507 e. The Morgan fingerprint density at radius 3 is 2.60 bits per heavy atom. The number of benzene rings is 2. The second kappa shape index (κ2) is 5.70. The van der Waals surface area contributed by atoms with Gasteiger partial charge in [0.05, 0.1) is 31.0 Å². The van der Waals surface area contributed by atoms with E-state index in [0.717, 1.165) is 27.7 Å². The van der Waals surface area contributed by atoms with Gasteiger partial charge in [-0.3, -0.25) is 0 Å². The van der Waals surface area contributed by atoms with Crippen molar-refractivity contribution in [3.05, 3.63) is 65.7 Å². The molecule has 2 heterocycles. The molecule has 2 aromatic heterocycles. The van der Waals surface area contributed by atoms with Crippen molar-refractivity contribution in [1.82, 2.24) is 4.57 Å². The van der Waals surface area contributed by atoms with Crippen LogP contribution in [0.2, 0.25) is 0 Å². The summed E-state index contributed by atoms with van der Waals surface area (Å²) >= 11 is 0. The fourth-order valence-electron chi connectivity index (χ4n) is 3.44. The highest BCUT2D eigenvalue weighted by Gasteiger charge is 2.23. The van der Waals surface area contributed by atoms with Crippen molar-refractivity contribution in [2.45, 2.75) is 13.5 Å². The number of hydrogen-bond donors (Lipinski definition) is 1. The first-order valence-electron chi connectivity index (χ1n) is 7.96. The number of rotatable bonds is 3. The number of phenolic OH excluding ortho intramolecular Hbond substituents is 1. The Labute approximate surface area is 144 Å². The van der Waals surface area contributed by atoms with Gasteiger partial charge in [0, 0.05) is 21.9 Å². The molecule has 126 valence electrons. The maximum Gasteiger partial charge on any atom is 0.340 e. The van der Waals surface area contributed by atoms with Crippen LogP contribution < -0.4 is 0 Å². The summed E-state index contributed by atoms with van der Waals surface area (Å²) in [6, 6.07) is 13.0. The highest BCUT2D eigenvalue weighted by atomic mass is 16.5. The summed E-state index contributed by atoms with van der Waals surface area (Å²) in [4.78, 5) is 12.4. The standard InChI is InChI=1S/C20H17NO4/c1-12-18(20(23)24-2)16-10-17(22)14-7-3-4-8-15(14)19(16)21(12)11-13-6-5-9-25-13/h3-10,22H,11H2,1-2H3. The van der Waals surface area contributed by atoms with Gasteiger partial charge in [0.25, 0.3) is 0 Å². The molecule has 0 aliphatic carbocycles. The molecule has 25 heavy (non-hydrogen) atoms. The van der Waals surface area contributed by atoms with Gasteiger partial charge in [-0.25, -0.2) is 4.79 Å². The molecule has 4 rings (SSSR count). The highest BCUT2D eigenvalue weighted by molar-refractivity contribution is 6.16. The summed E-state index contributed by atoms with van der Waals surface area (Å²) in [6.07, 6.45) is 1.63. The van der Waals surface area contributed by atoms with E-state index in [-0.39, 0.29) is 5.75 Å². The van der Waals surface area contributed by atoms with Gasteiger partial charge in [-0.1, -0.05) is 24.3 Å². The largest absolute Gasteiger partial charge is 0.507 e. The number of carbonyl (C=O) groups is 1. The topological polar surface area (TPSA) is 64.6 Å². The zero-order chi connectivity index (χ0) is 17.6. The molecular weight excluding hydrogens is 318 g/mol. The number of furan rings is 1. The van der Waals surface area contributed by atoms with Crippen LogP contribution in [-0.4, -0.2) is 22.8 Å². The number of esters is 1. The van der Waals surface area contributed by atoms with E-state index in [1.165, 1.54) is 7.11 Å². The molecule has 0 radical (unpaired) electrons. The molecule has 0 fully saturated rings. The maximum absolute atomic E-state index is 12.4. The number of hydrogen-bond acceptors (Lipinski definition) is 4. The number of fused-ring (bicyclic) bond motifs is 3. The molecule has 0 amide bonds. The lowest BCUT2D eigenvalue weighted by Gasteiger charge is -2.09. The molecular formula is C20H17NO4. The molecule has 5 heteroatoms. The quantitative estimate of drug-likeness (QED) is 0.569. The van der Waals surface area contributed by atoms with E-state index in [0.29, 0.717) is 17.5 Å². The Morgan fingerprint density at radius 1 is 1.16 bits per heavy atom. The summed E-state index contributed by atoms with van der Waals surface area (Å²) < 4.78 is 12.5. The van der Waals surface area contributed by atoms with Crippen molar-refractivity contribution in [1.29, 1.82) is 0 Å². The van der Waals surface area contributed by atoms with E-state index >= 15 is 0 Å². The van der Waals surface area contributed by atoms with Crippen LogP contribution >= 0.6 is 0 Å². The first-order chi connectivity index (χ1) is 12.1. The van der Waals surface area contributed by atoms with E-state index in [4.69, 9.17) is 9.15 Å². The van der Waals surface area contributed by atoms with Gasteiger partial charge < -0.3 is 18.8 Å². The zero-order valence-corrected chi connectivity index (χ0v) is 13.9. The third-order valence-corrected chi connectivity index (χ3v) is 4.58. The summed E-state index contributed by atoms with van der Waals surface area (Å²) in [5.41, 5.74) is 2.11. The molecule has 0 saturated carbocycles. The van der Waals surface area contributed by atoms with Crippen molar-refractivity contribution in [2.24, 2.45) is 0 Å². The first kappa shape index (κ1) is 15.3. The summed E-state index contributed by atoms with van der Waals surface area (Å²) in [7, 11) is 1.36. The molecule has 0 aliphatic heterocycles. The smallest absolute Gasteiger partial charge is 0.340 e. The van der Waals surface area contributed by atoms with Gasteiger partial charge in [0.1, 0.15) is 11.5 Å². The third kappa shape index (κ3) is 2.28. The van der Waals surface area contributed by atoms with Gasteiger partial charge in [-0.15, -0.1) is 0 Å². The van der Waals surface area contributed by atoms with Crippen LogP contribution in [0.25, 0.3) is 21.7 Å². The summed E-state index contributed by atoms with van der Waals surface area (Å²) in [5.74, 6) is 0.507. The molecule has 0 atom stereocenters. The van der Waals surface area contributed by atoms with E-state index in [9.17, 15) is 9.90 Å². The lowest BCUT2D eigenvalue weighted by atomic mass is 10.0. The molecule has 0 unspecified atom stereocenters. The Balaban J connectivity index is 2.13. The van der Waals surface area contributed by atoms with Crippen LogP contribution in [0.1, 0.15) is 21.8 Å². The van der Waals surface area contributed by atoms with Crippen LogP contribution in [0.5, 0.6) is 5.75 Å². The van der Waals surface area contributed by atoms with Gasteiger partial charge >= 0.3 is 5.97 Å². The summed E-state index contributed by atoms with van der Waals surface area (Å²) in [6.45, 7) is 2.36. The second-order valence-electron chi connectivity index (χ2n) is 5.95. The van der Waals surface area contributed by atoms with Crippen LogP contribution in [0.15, 0.2) is 53.1 Å². The summed E-state index contributed by atoms with van der Waals surface area (Å²) in [5, 5.41) is 12.7. The van der Waals surface area contributed by atoms with Crippen molar-refractivity contribution in [3.63, 3.8) is 0 Å². The Morgan fingerprint density at radius 2 is 1.92 bits per heavy atom. The molecule has 0 bridgehead atoms. The van der Waals surface area contributed by atoms with Gasteiger partial charge in [0.15, 0.2) is 0 Å². The van der Waals surface area contributed by atoms with Crippen LogP contribution in [0.4, 0.5) is 0 Å². The second-order valence-corrected chi connectivity index (χ2v) is 5.95. The lowest BCUT2D eigenvalue weighted by Crippen LogP contribution is -2.06. The van der Waals surface area contributed by atoms with E-state index < -0.39 is 5.97 Å². The van der Waals surface area contributed by atoms with Crippen molar-refractivity contribution in [3.8, 4) is 5.75 Å². The third-order valence-electron chi connectivity index (χ3n) is 4.58. The van der Waals surface area contributed by atoms with Crippen LogP contribution in [-0.2, 0) is 11.3 Å². The van der Waals surface area contributed by atoms with E-state index in [2.05, 4.69) is 0 Å². The molecule has 0 saturated heterocycles. The molecule has 1 N–H and O–H groups in total. The monoisotopic (exact) mass is 335 g/mol. The maximum atomic E-state index is 12.4. The van der Waals surface area contributed by atoms with Crippen molar-refractivity contribution >= 4 is 27.6 Å². The zero-order valence-electron chi connectivity index (χ0n) is 13.9. The van der Waals surface area contributed by atoms with Gasteiger partial charge in [-0.2, -0.15) is 0 Å². The van der Waals surface area contributed by atoms with Gasteiger partial charge in [0.2, 0.25) is 0 Å². The highest BCUT2D eigenvalue weighted by Crippen LogP contribution is 2.37. The predicted octanol–water partition coefficient (Wildman–Crippen LogP) is 4.24.